The van der Waals surface area contributed by atoms with Crippen LogP contribution in [0.4, 0.5) is 4.39 Å². The average Bonchev–Trinajstić information content (AvgIpc) is 0.857. The minimum Gasteiger partial charge on any atom is -0.454 e. The Kier molecular flexibility index (Phi) is 30.8. The SMILES string of the molecule is Cc1cc(Oc2cncnc2)cc(C(=O)Cc2cc(F)ccn2)n1.Cc1ccc(CC(=O)c2cc(Oc3cnc(C)nc3)cc(C)n2)nc1.Cc1cccc(CC(=O)c2cc(Oc3cnc(C)nc3)cc(C)n2)n1.Cc1cccc(CC(=O)c2cc(Oc3cnc(C)nc3)cc(C)n2)n1.Cc1cccc(CC(=O)c2cc(Oc3cncnc3)cc(C)n2)n1. The van der Waals surface area contributed by atoms with Gasteiger partial charge in [-0.2, -0.15) is 0 Å². The Bertz CT molecular complexity index is 5890. The number of ketones is 5. The van der Waals surface area contributed by atoms with Crippen LogP contribution in [0.25, 0.3) is 0 Å². The molecule has 0 amide bonds. The molecule has 0 aliphatic carbocycles. The van der Waals surface area contributed by atoms with Gasteiger partial charge < -0.3 is 23.7 Å². The molecule has 0 saturated heterocycles. The van der Waals surface area contributed by atoms with E-state index >= 15 is 0 Å². The smallest absolute Gasteiger partial charge is 0.187 e. The molecular weight excluding hydrogens is 1560 g/mol. The van der Waals surface area contributed by atoms with E-state index in [1.165, 1.54) is 49.4 Å². The van der Waals surface area contributed by atoms with Gasteiger partial charge in [0.05, 0.1) is 99.8 Å². The number of Topliss-reactive ketones (excluding diaryl/α,β-unsaturated/α-hetero) is 5. The van der Waals surface area contributed by atoms with Gasteiger partial charge in [0.2, 0.25) is 0 Å². The highest BCUT2D eigenvalue weighted by molar-refractivity contribution is 5.98. The number of rotatable bonds is 25. The second-order valence-corrected chi connectivity index (χ2v) is 27.8. The van der Waals surface area contributed by atoms with Gasteiger partial charge in [0.1, 0.15) is 93.2 Å². The summed E-state index contributed by atoms with van der Waals surface area (Å²) in [5.74, 6) is 5.92. The number of hydrogen-bond acceptors (Lipinski definition) is 30. The van der Waals surface area contributed by atoms with Gasteiger partial charge in [-0.3, -0.25) is 48.9 Å². The van der Waals surface area contributed by atoms with Crippen molar-refractivity contribution in [2.45, 2.75) is 115 Å². The molecule has 30 nitrogen and oxygen atoms in total. The van der Waals surface area contributed by atoms with Gasteiger partial charge in [0.25, 0.3) is 0 Å². The van der Waals surface area contributed by atoms with Crippen molar-refractivity contribution < 1.29 is 52.0 Å². The Morgan fingerprint density at radius 2 is 0.528 bits per heavy atom. The summed E-state index contributed by atoms with van der Waals surface area (Å²) in [7, 11) is 0. The molecule has 15 aromatic rings. The zero-order chi connectivity index (χ0) is 87.3. The lowest BCUT2D eigenvalue weighted by atomic mass is 10.1. The van der Waals surface area contributed by atoms with Gasteiger partial charge >= 0.3 is 0 Å². The highest BCUT2D eigenvalue weighted by Gasteiger charge is 2.20. The molecule has 618 valence electrons. The molecule has 0 fully saturated rings. The van der Waals surface area contributed by atoms with E-state index in [-0.39, 0.29) is 66.7 Å². The van der Waals surface area contributed by atoms with Crippen molar-refractivity contribution >= 4 is 28.9 Å². The van der Waals surface area contributed by atoms with Crippen LogP contribution in [-0.2, 0) is 32.1 Å². The molecule has 0 aliphatic rings. The predicted octanol–water partition coefficient (Wildman–Crippen LogP) is 16.3. The van der Waals surface area contributed by atoms with Crippen LogP contribution in [0.5, 0.6) is 57.5 Å². The molecule has 0 unspecified atom stereocenters. The van der Waals surface area contributed by atoms with E-state index in [0.717, 1.165) is 39.7 Å². The third-order valence-electron chi connectivity index (χ3n) is 16.9. The Labute approximate surface area is 707 Å². The highest BCUT2D eigenvalue weighted by Crippen LogP contribution is 2.28. The maximum atomic E-state index is 13.2. The molecule has 0 saturated carbocycles. The predicted molar refractivity (Wildman–Crippen MR) is 450 cm³/mol. The van der Waals surface area contributed by atoms with Crippen molar-refractivity contribution in [3.8, 4) is 57.5 Å². The second-order valence-electron chi connectivity index (χ2n) is 27.8. The molecule has 31 heteroatoms. The summed E-state index contributed by atoms with van der Waals surface area (Å²) < 4.78 is 41.7. The minimum atomic E-state index is -0.432. The molecule has 15 rings (SSSR count). The number of carbonyl (C=O) groups is 5. The van der Waals surface area contributed by atoms with Crippen molar-refractivity contribution in [1.29, 1.82) is 0 Å². The van der Waals surface area contributed by atoms with Crippen LogP contribution < -0.4 is 23.7 Å². The first kappa shape index (κ1) is 88.0. The highest BCUT2D eigenvalue weighted by atomic mass is 19.1. The quantitative estimate of drug-likeness (QED) is 0.0480. The molecule has 0 N–H and O–H groups in total. The van der Waals surface area contributed by atoms with Gasteiger partial charge in [-0.15, -0.1) is 0 Å². The Morgan fingerprint density at radius 3 is 0.797 bits per heavy atom. The van der Waals surface area contributed by atoms with Gasteiger partial charge in [-0.05, 0) is 143 Å². The molecule has 15 heterocycles. The number of hydrogen-bond donors (Lipinski definition) is 0. The summed E-state index contributed by atoms with van der Waals surface area (Å²) in [6.45, 7) is 22.1. The van der Waals surface area contributed by atoms with Gasteiger partial charge in [0.15, 0.2) is 57.7 Å². The largest absolute Gasteiger partial charge is 0.454 e. The lowest BCUT2D eigenvalue weighted by Crippen LogP contribution is -2.08. The summed E-state index contributed by atoms with van der Waals surface area (Å²) in [6.07, 6.45) is 22.4. The van der Waals surface area contributed by atoms with Gasteiger partial charge in [-0.1, -0.05) is 24.3 Å². The van der Waals surface area contributed by atoms with Crippen LogP contribution >= 0.6 is 0 Å². The van der Waals surface area contributed by atoms with Crippen molar-refractivity contribution in [2.75, 3.05) is 0 Å². The zero-order valence-electron chi connectivity index (χ0n) is 69.3. The van der Waals surface area contributed by atoms with E-state index in [0.29, 0.717) is 138 Å². The van der Waals surface area contributed by atoms with Crippen LogP contribution in [-0.4, -0.2) is 129 Å². The fraction of sp³-hybridized carbons (Fsp3) is 0.185. The summed E-state index contributed by atoms with van der Waals surface area (Å²) in [6, 6.07) is 39.9. The summed E-state index contributed by atoms with van der Waals surface area (Å²) in [4.78, 5) is 145. The first-order valence-electron chi connectivity index (χ1n) is 38.3. The van der Waals surface area contributed by atoms with E-state index < -0.39 is 5.82 Å². The van der Waals surface area contributed by atoms with E-state index in [9.17, 15) is 28.4 Å². The maximum absolute atomic E-state index is 13.2. The fourth-order valence-corrected chi connectivity index (χ4v) is 11.4. The van der Waals surface area contributed by atoms with E-state index in [2.05, 4.69) is 99.7 Å². The van der Waals surface area contributed by atoms with Gasteiger partial charge in [0, 0.05) is 141 Å². The number of nitrogens with zero attached hydrogens (tertiary/aromatic N) is 20. The van der Waals surface area contributed by atoms with Crippen LogP contribution in [0.15, 0.2) is 227 Å². The summed E-state index contributed by atoms with van der Waals surface area (Å²) >= 11 is 0. The Morgan fingerprint density at radius 1 is 0.252 bits per heavy atom. The number of aromatic nitrogens is 20. The van der Waals surface area contributed by atoms with Crippen molar-refractivity contribution in [3.63, 3.8) is 0 Å². The number of carbonyl (C=O) groups excluding carboxylic acids is 5. The molecule has 0 aromatic carbocycles. The minimum absolute atomic E-state index is 0.0396. The molecule has 0 atom stereocenters. The molecule has 123 heavy (non-hydrogen) atoms. The molecule has 0 bridgehead atoms. The fourth-order valence-electron chi connectivity index (χ4n) is 11.4. The molecule has 0 spiro atoms. The standard InChI is InChI=1S/3C19H18N4O2.C18H16N4O2.C17H13FN4O2/c1-12-4-5-15(22-9-12)7-19(24)18-8-16(6-13(2)23-18)25-17-10-20-14(3)21-11-17;2*1-12-5-4-6-15(22-12)8-19(24)18-9-16(7-13(2)23-18)25-17-10-20-14(3)21-11-17;1-12-4-3-5-14(21-12)7-18(23)17-8-15(6-13(2)22-17)24-16-9-19-11-20-10-16;1-11-4-14(24-15-8-19-10-20-9-15)7-16(22-11)17(23)6-13-5-12(18)2-3-21-13/h4-6,8-11H,7H2,1-3H3;2*4-7,9-11H,8H2,1-3H3;3-6,8-11H,7H2,1-2H3;2-5,7-10H,6H2,1H3. The molecule has 0 aliphatic heterocycles. The van der Waals surface area contributed by atoms with E-state index in [1.54, 1.807) is 138 Å². The molecular formula is C92H83FN20O10. The van der Waals surface area contributed by atoms with Crippen LogP contribution in [0, 0.1) is 88.9 Å². The van der Waals surface area contributed by atoms with Crippen LogP contribution in [0.1, 0.15) is 150 Å². The van der Waals surface area contributed by atoms with Crippen LogP contribution in [0.2, 0.25) is 0 Å². The van der Waals surface area contributed by atoms with E-state index in [4.69, 9.17) is 23.7 Å². The molecule has 0 radical (unpaired) electrons. The lowest BCUT2D eigenvalue weighted by molar-refractivity contribution is 0.0978. The van der Waals surface area contributed by atoms with Crippen molar-refractivity contribution in [2.24, 2.45) is 0 Å². The van der Waals surface area contributed by atoms with Gasteiger partial charge in [-0.25, -0.2) is 79.2 Å². The third kappa shape index (κ3) is 28.8. The number of pyridine rings is 10. The van der Waals surface area contributed by atoms with Crippen LogP contribution in [0.3, 0.4) is 0 Å². The monoisotopic (exact) mass is 1650 g/mol. The first-order chi connectivity index (χ1) is 59.2. The Hall–Kier alpha value is -15.8. The van der Waals surface area contributed by atoms with Crippen molar-refractivity contribution in [1.82, 2.24) is 99.7 Å². The molecule has 15 aromatic heterocycles. The zero-order valence-corrected chi connectivity index (χ0v) is 69.3. The number of ether oxygens (including phenoxy) is 5. The third-order valence-corrected chi connectivity index (χ3v) is 16.9. The average molecular weight is 1650 g/mol. The second kappa shape index (κ2) is 43.1. The summed E-state index contributed by atoms with van der Waals surface area (Å²) in [5.41, 5.74) is 12.0. The normalized spacial score (nSPS) is 10.5. The number of aryl methyl sites for hydroxylation is 12. The van der Waals surface area contributed by atoms with Crippen molar-refractivity contribution in [3.05, 3.63) is 358 Å². The summed E-state index contributed by atoms with van der Waals surface area (Å²) in [5, 5.41) is 0. The lowest BCUT2D eigenvalue weighted by Gasteiger charge is -2.08. The topological polar surface area (TPSA) is 389 Å². The maximum Gasteiger partial charge on any atom is 0.187 e. The first-order valence-corrected chi connectivity index (χ1v) is 38.3. The Balaban J connectivity index is 0.000000150. The number of halogens is 1. The van der Waals surface area contributed by atoms with E-state index in [1.807, 2.05) is 122 Å².